The summed E-state index contributed by atoms with van der Waals surface area (Å²) in [6.07, 6.45) is 3.72. The molecule has 9 heteroatoms. The number of aromatic amines is 1. The third-order valence-corrected chi connectivity index (χ3v) is 5.60. The molecule has 1 amide bonds. The lowest BCUT2D eigenvalue weighted by Gasteiger charge is -2.33. The molecule has 2 N–H and O–H groups in total. The Bertz CT molecular complexity index is 929. The average molecular weight is 413 g/mol. The lowest BCUT2D eigenvalue weighted by Crippen LogP contribution is -2.29. The average Bonchev–Trinajstić information content (AvgIpc) is 3.02. The van der Waals surface area contributed by atoms with Gasteiger partial charge in [-0.1, -0.05) is 25.4 Å². The summed E-state index contributed by atoms with van der Waals surface area (Å²) in [6, 6.07) is 2.50. The van der Waals surface area contributed by atoms with E-state index in [0.29, 0.717) is 5.56 Å². The van der Waals surface area contributed by atoms with Gasteiger partial charge in [0, 0.05) is 17.7 Å². The summed E-state index contributed by atoms with van der Waals surface area (Å²) in [4.78, 5) is 26.2. The highest BCUT2D eigenvalue weighted by atomic mass is 35.5. The van der Waals surface area contributed by atoms with Crippen molar-refractivity contribution in [3.8, 4) is 11.4 Å². The molecule has 0 aliphatic heterocycles. The van der Waals surface area contributed by atoms with Crippen LogP contribution in [0.15, 0.2) is 16.9 Å². The number of carbonyl (C=O) groups excluding carboxylic acids is 1. The van der Waals surface area contributed by atoms with Crippen molar-refractivity contribution in [2.45, 2.75) is 52.1 Å². The van der Waals surface area contributed by atoms with E-state index in [-0.39, 0.29) is 40.1 Å². The SMILES string of the molecule is CC1(C)CCC(n2nc(-c3cc(CNC(=O)CF)c(F)cc3Cl)[nH]c2=O)CC1. The van der Waals surface area contributed by atoms with E-state index in [0.717, 1.165) is 31.7 Å². The summed E-state index contributed by atoms with van der Waals surface area (Å²) in [6.45, 7) is 3.05. The number of amides is 1. The van der Waals surface area contributed by atoms with Gasteiger partial charge in [0.2, 0.25) is 0 Å². The summed E-state index contributed by atoms with van der Waals surface area (Å²) in [5.41, 5.74) is 0.390. The van der Waals surface area contributed by atoms with Crippen molar-refractivity contribution < 1.29 is 13.6 Å². The molecule has 1 aliphatic rings. The summed E-state index contributed by atoms with van der Waals surface area (Å²) >= 11 is 6.15. The smallest absolute Gasteiger partial charge is 0.343 e. The van der Waals surface area contributed by atoms with E-state index < -0.39 is 18.4 Å². The van der Waals surface area contributed by atoms with Crippen molar-refractivity contribution >= 4 is 17.5 Å². The van der Waals surface area contributed by atoms with Crippen molar-refractivity contribution in [1.29, 1.82) is 0 Å². The molecule has 1 fully saturated rings. The molecule has 0 atom stereocenters. The minimum absolute atomic E-state index is 0.00746. The minimum Gasteiger partial charge on any atom is -0.350 e. The molecule has 3 rings (SSSR count). The van der Waals surface area contributed by atoms with Crippen molar-refractivity contribution in [2.75, 3.05) is 6.67 Å². The number of hydrogen-bond acceptors (Lipinski definition) is 3. The topological polar surface area (TPSA) is 79.8 Å². The molecule has 0 saturated heterocycles. The lowest BCUT2D eigenvalue weighted by molar-refractivity contribution is -0.122. The maximum absolute atomic E-state index is 14.1. The fourth-order valence-corrected chi connectivity index (χ4v) is 3.73. The number of alkyl halides is 1. The highest BCUT2D eigenvalue weighted by Crippen LogP contribution is 2.39. The van der Waals surface area contributed by atoms with Crippen molar-refractivity contribution in [3.63, 3.8) is 0 Å². The van der Waals surface area contributed by atoms with Crippen molar-refractivity contribution in [3.05, 3.63) is 39.0 Å². The Labute approximate surface area is 166 Å². The molecule has 6 nitrogen and oxygen atoms in total. The van der Waals surface area contributed by atoms with Crippen LogP contribution in [0.5, 0.6) is 0 Å². The van der Waals surface area contributed by atoms with Crippen LogP contribution >= 0.6 is 11.6 Å². The highest BCUT2D eigenvalue weighted by Gasteiger charge is 2.29. The van der Waals surface area contributed by atoms with Crippen LogP contribution < -0.4 is 11.0 Å². The van der Waals surface area contributed by atoms with E-state index in [9.17, 15) is 18.4 Å². The van der Waals surface area contributed by atoms with Gasteiger partial charge in [-0.05, 0) is 43.2 Å². The number of benzene rings is 1. The third kappa shape index (κ3) is 4.43. The second-order valence-electron chi connectivity index (χ2n) is 7.95. The molecule has 152 valence electrons. The largest absolute Gasteiger partial charge is 0.350 e. The summed E-state index contributed by atoms with van der Waals surface area (Å²) in [5, 5.41) is 6.74. The molecule has 0 spiro atoms. The number of nitrogens with one attached hydrogen (secondary N) is 2. The Balaban J connectivity index is 1.87. The van der Waals surface area contributed by atoms with E-state index in [2.05, 4.69) is 29.2 Å². The molecule has 1 saturated carbocycles. The lowest BCUT2D eigenvalue weighted by atomic mass is 9.76. The van der Waals surface area contributed by atoms with Crippen LogP contribution in [0.4, 0.5) is 8.78 Å². The Morgan fingerprint density at radius 3 is 2.71 bits per heavy atom. The molecule has 1 aromatic carbocycles. The third-order valence-electron chi connectivity index (χ3n) is 5.28. The number of rotatable bonds is 5. The van der Waals surface area contributed by atoms with Crippen LogP contribution in [0.3, 0.4) is 0 Å². The molecule has 0 unspecified atom stereocenters. The Hall–Kier alpha value is -2.22. The Kier molecular flexibility index (Phi) is 5.88. The summed E-state index contributed by atoms with van der Waals surface area (Å²) in [7, 11) is 0. The van der Waals surface area contributed by atoms with Gasteiger partial charge >= 0.3 is 5.69 Å². The Morgan fingerprint density at radius 2 is 2.07 bits per heavy atom. The first-order valence-electron chi connectivity index (χ1n) is 9.20. The van der Waals surface area contributed by atoms with Gasteiger partial charge in [0.05, 0.1) is 11.1 Å². The van der Waals surface area contributed by atoms with Crippen LogP contribution in [-0.2, 0) is 11.3 Å². The van der Waals surface area contributed by atoms with Gasteiger partial charge < -0.3 is 5.32 Å². The summed E-state index contributed by atoms with van der Waals surface area (Å²) < 4.78 is 27.9. The second-order valence-corrected chi connectivity index (χ2v) is 8.36. The van der Waals surface area contributed by atoms with Crippen molar-refractivity contribution in [2.24, 2.45) is 5.41 Å². The minimum atomic E-state index is -1.18. The van der Waals surface area contributed by atoms with E-state index in [1.807, 2.05) is 0 Å². The maximum atomic E-state index is 14.1. The second kappa shape index (κ2) is 8.03. The van der Waals surface area contributed by atoms with Gasteiger partial charge in [-0.2, -0.15) is 0 Å². The zero-order chi connectivity index (χ0) is 20.5. The first-order chi connectivity index (χ1) is 13.2. The molecule has 1 aliphatic carbocycles. The molecule has 0 radical (unpaired) electrons. The van der Waals surface area contributed by atoms with E-state index in [1.54, 1.807) is 0 Å². The molecule has 1 aromatic heterocycles. The van der Waals surface area contributed by atoms with Crippen LogP contribution in [0.1, 0.15) is 51.1 Å². The molecular formula is C19H23ClF2N4O2. The predicted molar refractivity (Wildman–Crippen MR) is 102 cm³/mol. The van der Waals surface area contributed by atoms with E-state index in [1.165, 1.54) is 10.7 Å². The maximum Gasteiger partial charge on any atom is 0.343 e. The predicted octanol–water partition coefficient (Wildman–Crippen LogP) is 3.76. The molecule has 0 bridgehead atoms. The number of H-pyrrole nitrogens is 1. The fourth-order valence-electron chi connectivity index (χ4n) is 3.49. The standard InChI is InChI=1S/C19H23ClF2N4O2/c1-19(2)5-3-12(4-6-19)26-18(28)24-17(25-26)13-7-11(10-23-16(27)9-21)15(22)8-14(13)20/h7-8,12H,3-6,9-10H2,1-2H3,(H,23,27)(H,24,25,28). The normalized spacial score (nSPS) is 16.9. The first kappa shape index (κ1) is 20.5. The zero-order valence-electron chi connectivity index (χ0n) is 15.8. The fraction of sp³-hybridized carbons (Fsp3) is 0.526. The number of nitrogens with zero attached hydrogens (tertiary/aromatic N) is 2. The van der Waals surface area contributed by atoms with Gasteiger partial charge in [-0.15, -0.1) is 5.10 Å². The number of hydrogen-bond donors (Lipinski definition) is 2. The number of halogens is 3. The quantitative estimate of drug-likeness (QED) is 0.784. The molecule has 2 aromatic rings. The Morgan fingerprint density at radius 1 is 1.39 bits per heavy atom. The van der Waals surface area contributed by atoms with Crippen LogP contribution in [0.2, 0.25) is 5.02 Å². The molecule has 28 heavy (non-hydrogen) atoms. The summed E-state index contributed by atoms with van der Waals surface area (Å²) in [5.74, 6) is -1.24. The van der Waals surface area contributed by atoms with Gasteiger partial charge in [0.25, 0.3) is 5.91 Å². The number of carbonyl (C=O) groups is 1. The van der Waals surface area contributed by atoms with E-state index in [4.69, 9.17) is 11.6 Å². The van der Waals surface area contributed by atoms with Gasteiger partial charge in [-0.3, -0.25) is 9.78 Å². The van der Waals surface area contributed by atoms with Crippen LogP contribution in [-0.4, -0.2) is 27.3 Å². The van der Waals surface area contributed by atoms with Gasteiger partial charge in [0.15, 0.2) is 12.5 Å². The highest BCUT2D eigenvalue weighted by molar-refractivity contribution is 6.33. The van der Waals surface area contributed by atoms with E-state index >= 15 is 0 Å². The monoisotopic (exact) mass is 412 g/mol. The van der Waals surface area contributed by atoms with Crippen LogP contribution in [0.25, 0.3) is 11.4 Å². The van der Waals surface area contributed by atoms with Gasteiger partial charge in [-0.25, -0.2) is 18.3 Å². The zero-order valence-corrected chi connectivity index (χ0v) is 16.6. The van der Waals surface area contributed by atoms with Crippen molar-refractivity contribution in [1.82, 2.24) is 20.1 Å². The molecular weight excluding hydrogens is 390 g/mol. The van der Waals surface area contributed by atoms with Gasteiger partial charge in [0.1, 0.15) is 5.82 Å². The molecule has 1 heterocycles. The number of aromatic nitrogens is 3. The van der Waals surface area contributed by atoms with Crippen LogP contribution in [0, 0.1) is 11.2 Å². The first-order valence-corrected chi connectivity index (χ1v) is 9.58.